The fourth-order valence-electron chi connectivity index (χ4n) is 2.58. The molecule has 1 heterocycles. The molecule has 1 N–H and O–H groups in total. The molecule has 0 unspecified atom stereocenters. The average molecular weight is 374 g/mol. The number of ether oxygens (including phenoxy) is 1. The molecule has 0 aliphatic carbocycles. The van der Waals surface area contributed by atoms with E-state index in [0.717, 1.165) is 28.8 Å². The summed E-state index contributed by atoms with van der Waals surface area (Å²) in [6, 6.07) is 11.4. The fraction of sp³-hybridized carbons (Fsp3) is 0.250. The smallest absolute Gasteiger partial charge is 0.251 e. The SMILES string of the molecule is C#CCOc1cccc(CNC(=O)C(/C=C\c2ncccc2C)=C(/C)CC)c1. The highest BCUT2D eigenvalue weighted by molar-refractivity contribution is 5.97. The van der Waals surface area contributed by atoms with Gasteiger partial charge in [0.2, 0.25) is 0 Å². The monoisotopic (exact) mass is 374 g/mol. The van der Waals surface area contributed by atoms with Gasteiger partial charge >= 0.3 is 0 Å². The van der Waals surface area contributed by atoms with E-state index in [9.17, 15) is 4.79 Å². The largest absolute Gasteiger partial charge is 0.481 e. The molecular weight excluding hydrogens is 348 g/mol. The predicted molar refractivity (Wildman–Crippen MR) is 114 cm³/mol. The summed E-state index contributed by atoms with van der Waals surface area (Å²) in [4.78, 5) is 17.1. The van der Waals surface area contributed by atoms with Gasteiger partial charge in [0, 0.05) is 18.3 Å². The van der Waals surface area contributed by atoms with Crippen molar-refractivity contribution in [2.24, 2.45) is 0 Å². The molecule has 0 aliphatic heterocycles. The van der Waals surface area contributed by atoms with E-state index in [4.69, 9.17) is 11.2 Å². The number of aryl methyl sites for hydroxylation is 1. The van der Waals surface area contributed by atoms with E-state index in [2.05, 4.69) is 16.2 Å². The number of allylic oxidation sites excluding steroid dienone is 1. The number of aromatic nitrogens is 1. The molecule has 0 spiro atoms. The minimum atomic E-state index is -0.112. The van der Waals surface area contributed by atoms with Crippen LogP contribution in [0.5, 0.6) is 5.75 Å². The Morgan fingerprint density at radius 2 is 2.14 bits per heavy atom. The first-order valence-electron chi connectivity index (χ1n) is 9.28. The molecule has 4 nitrogen and oxygen atoms in total. The van der Waals surface area contributed by atoms with Gasteiger partial charge in [-0.25, -0.2) is 0 Å². The molecule has 4 heteroatoms. The second-order valence-electron chi connectivity index (χ2n) is 6.41. The molecule has 0 atom stereocenters. The number of carbonyl (C=O) groups is 1. The van der Waals surface area contributed by atoms with E-state index in [0.29, 0.717) is 17.9 Å². The summed E-state index contributed by atoms with van der Waals surface area (Å²) in [6.07, 6.45) is 11.5. The number of nitrogens with zero attached hydrogens (tertiary/aromatic N) is 1. The lowest BCUT2D eigenvalue weighted by atomic mass is 10.0. The van der Waals surface area contributed by atoms with Crippen LogP contribution in [0.15, 0.2) is 59.8 Å². The Morgan fingerprint density at radius 1 is 1.32 bits per heavy atom. The number of terminal acetylenes is 1. The molecule has 144 valence electrons. The van der Waals surface area contributed by atoms with Crippen LogP contribution in [0, 0.1) is 19.3 Å². The Balaban J connectivity index is 2.10. The summed E-state index contributed by atoms with van der Waals surface area (Å²) in [5.41, 5.74) is 4.55. The van der Waals surface area contributed by atoms with Gasteiger partial charge in [0.05, 0.1) is 5.69 Å². The zero-order chi connectivity index (χ0) is 20.4. The first-order valence-corrected chi connectivity index (χ1v) is 9.28. The van der Waals surface area contributed by atoms with Crippen molar-refractivity contribution in [2.75, 3.05) is 6.61 Å². The van der Waals surface area contributed by atoms with Gasteiger partial charge in [-0.05, 0) is 61.7 Å². The molecule has 0 saturated carbocycles. The zero-order valence-electron chi connectivity index (χ0n) is 16.7. The van der Waals surface area contributed by atoms with Crippen LogP contribution in [0.4, 0.5) is 0 Å². The van der Waals surface area contributed by atoms with Gasteiger partial charge in [0.15, 0.2) is 0 Å². The maximum atomic E-state index is 12.8. The Hall–Kier alpha value is -3.32. The van der Waals surface area contributed by atoms with Gasteiger partial charge in [0.1, 0.15) is 12.4 Å². The number of benzene rings is 1. The Kier molecular flexibility index (Phi) is 8.05. The van der Waals surface area contributed by atoms with Crippen molar-refractivity contribution in [2.45, 2.75) is 33.7 Å². The molecule has 1 aromatic carbocycles. The van der Waals surface area contributed by atoms with Gasteiger partial charge in [-0.2, -0.15) is 0 Å². The van der Waals surface area contributed by atoms with Gasteiger partial charge < -0.3 is 10.1 Å². The molecular formula is C24H26N2O2. The maximum absolute atomic E-state index is 12.8. The van der Waals surface area contributed by atoms with E-state index in [1.807, 2.05) is 69.3 Å². The van der Waals surface area contributed by atoms with Crippen molar-refractivity contribution < 1.29 is 9.53 Å². The number of rotatable bonds is 8. The highest BCUT2D eigenvalue weighted by Gasteiger charge is 2.10. The normalized spacial score (nSPS) is 11.6. The van der Waals surface area contributed by atoms with Crippen LogP contribution in [-0.4, -0.2) is 17.5 Å². The van der Waals surface area contributed by atoms with Crippen molar-refractivity contribution in [1.29, 1.82) is 0 Å². The molecule has 28 heavy (non-hydrogen) atoms. The van der Waals surface area contributed by atoms with Crippen LogP contribution < -0.4 is 10.1 Å². The van der Waals surface area contributed by atoms with Crippen LogP contribution in [0.3, 0.4) is 0 Å². The number of amides is 1. The van der Waals surface area contributed by atoms with Crippen LogP contribution in [0.1, 0.15) is 37.1 Å². The number of hydrogen-bond donors (Lipinski definition) is 1. The number of nitrogens with one attached hydrogen (secondary N) is 1. The minimum absolute atomic E-state index is 0.112. The lowest BCUT2D eigenvalue weighted by molar-refractivity contribution is -0.117. The first kappa shape index (κ1) is 21.0. The summed E-state index contributed by atoms with van der Waals surface area (Å²) in [6.45, 7) is 6.63. The maximum Gasteiger partial charge on any atom is 0.251 e. The van der Waals surface area contributed by atoms with Crippen LogP contribution >= 0.6 is 0 Å². The summed E-state index contributed by atoms with van der Waals surface area (Å²) in [7, 11) is 0. The average Bonchev–Trinajstić information content (AvgIpc) is 2.72. The topological polar surface area (TPSA) is 51.2 Å². The van der Waals surface area contributed by atoms with Crippen molar-refractivity contribution >= 4 is 12.0 Å². The van der Waals surface area contributed by atoms with Gasteiger partial charge in [-0.15, -0.1) is 6.42 Å². The van der Waals surface area contributed by atoms with E-state index in [1.165, 1.54) is 0 Å². The van der Waals surface area contributed by atoms with Gasteiger partial charge in [0.25, 0.3) is 5.91 Å². The first-order chi connectivity index (χ1) is 13.5. The lowest BCUT2D eigenvalue weighted by Gasteiger charge is -2.10. The lowest BCUT2D eigenvalue weighted by Crippen LogP contribution is -2.24. The zero-order valence-corrected chi connectivity index (χ0v) is 16.7. The van der Waals surface area contributed by atoms with E-state index >= 15 is 0 Å². The second kappa shape index (κ2) is 10.7. The molecule has 0 bridgehead atoms. The summed E-state index contributed by atoms with van der Waals surface area (Å²) in [5.74, 6) is 3.02. The molecule has 2 rings (SSSR count). The van der Waals surface area contributed by atoms with Crippen LogP contribution in [0.2, 0.25) is 0 Å². The predicted octanol–water partition coefficient (Wildman–Crippen LogP) is 4.46. The van der Waals surface area contributed by atoms with Crippen LogP contribution in [-0.2, 0) is 11.3 Å². The Morgan fingerprint density at radius 3 is 2.86 bits per heavy atom. The molecule has 2 aromatic rings. The van der Waals surface area contributed by atoms with Crippen LogP contribution in [0.25, 0.3) is 6.08 Å². The number of hydrogen-bond acceptors (Lipinski definition) is 3. The standard InChI is InChI=1S/C24H26N2O2/c1-5-15-28-21-11-7-10-20(16-21)17-26-24(27)22(18(3)6-2)12-13-23-19(4)9-8-14-25-23/h1,7-14,16H,6,15,17H2,2-4H3,(H,26,27)/b13-12-,22-18-. The summed E-state index contributed by atoms with van der Waals surface area (Å²) < 4.78 is 5.43. The minimum Gasteiger partial charge on any atom is -0.481 e. The van der Waals surface area contributed by atoms with Crippen molar-refractivity contribution in [3.05, 3.63) is 76.6 Å². The molecule has 1 amide bonds. The van der Waals surface area contributed by atoms with Crippen molar-refractivity contribution in [1.82, 2.24) is 10.3 Å². The van der Waals surface area contributed by atoms with E-state index in [-0.39, 0.29) is 12.5 Å². The summed E-state index contributed by atoms with van der Waals surface area (Å²) >= 11 is 0. The van der Waals surface area contributed by atoms with E-state index in [1.54, 1.807) is 6.20 Å². The molecule has 0 saturated heterocycles. The molecule has 0 radical (unpaired) electrons. The second-order valence-corrected chi connectivity index (χ2v) is 6.41. The van der Waals surface area contributed by atoms with E-state index < -0.39 is 0 Å². The molecule has 1 aromatic heterocycles. The fourth-order valence-corrected chi connectivity index (χ4v) is 2.58. The molecule has 0 aliphatic rings. The van der Waals surface area contributed by atoms with Crippen molar-refractivity contribution in [3.8, 4) is 18.1 Å². The number of pyridine rings is 1. The third kappa shape index (κ3) is 6.14. The quantitative estimate of drug-likeness (QED) is 0.422. The highest BCUT2D eigenvalue weighted by Crippen LogP contribution is 2.15. The van der Waals surface area contributed by atoms with Crippen molar-refractivity contribution in [3.63, 3.8) is 0 Å². The summed E-state index contributed by atoms with van der Waals surface area (Å²) in [5, 5.41) is 2.98. The molecule has 0 fully saturated rings. The highest BCUT2D eigenvalue weighted by atomic mass is 16.5. The Labute approximate surface area is 167 Å². The third-order valence-corrected chi connectivity index (χ3v) is 4.37. The Bertz CT molecular complexity index is 920. The number of carbonyl (C=O) groups excluding carboxylic acids is 1. The van der Waals surface area contributed by atoms with Gasteiger partial charge in [-0.3, -0.25) is 9.78 Å². The third-order valence-electron chi connectivity index (χ3n) is 4.37. The van der Waals surface area contributed by atoms with Gasteiger partial charge in [-0.1, -0.05) is 36.6 Å².